The van der Waals surface area contributed by atoms with E-state index in [1.807, 2.05) is 26.0 Å². The van der Waals surface area contributed by atoms with Crippen molar-refractivity contribution in [2.75, 3.05) is 11.9 Å². The van der Waals surface area contributed by atoms with Crippen LogP contribution in [0.1, 0.15) is 42.6 Å². The minimum atomic E-state index is -0.740. The zero-order chi connectivity index (χ0) is 26.5. The summed E-state index contributed by atoms with van der Waals surface area (Å²) in [7, 11) is 0. The third-order valence-corrected chi connectivity index (χ3v) is 6.84. The molecule has 2 N–H and O–H groups in total. The van der Waals surface area contributed by atoms with Crippen LogP contribution in [0.2, 0.25) is 0 Å². The van der Waals surface area contributed by atoms with Gasteiger partial charge in [0.05, 0.1) is 35.8 Å². The summed E-state index contributed by atoms with van der Waals surface area (Å²) in [6, 6.07) is 5.45. The number of carbonyl (C=O) groups is 1. The number of rotatable bonds is 9. The lowest BCUT2D eigenvalue weighted by Gasteiger charge is -2.28. The van der Waals surface area contributed by atoms with E-state index < -0.39 is 5.97 Å². The van der Waals surface area contributed by atoms with E-state index in [0.29, 0.717) is 59.8 Å². The molecular weight excluding hydrogens is 486 g/mol. The molecule has 5 rings (SSSR count). The van der Waals surface area contributed by atoms with Crippen molar-refractivity contribution >= 4 is 11.9 Å². The molecule has 0 amide bonds. The number of aromatic nitrogens is 6. The molecule has 0 bridgehead atoms. The van der Waals surface area contributed by atoms with Gasteiger partial charge in [0.2, 0.25) is 5.95 Å². The summed E-state index contributed by atoms with van der Waals surface area (Å²) in [6.45, 7) is 4.48. The van der Waals surface area contributed by atoms with Crippen molar-refractivity contribution in [3.63, 3.8) is 0 Å². The van der Waals surface area contributed by atoms with E-state index in [4.69, 9.17) is 14.2 Å². The van der Waals surface area contributed by atoms with Gasteiger partial charge in [-0.3, -0.25) is 14.8 Å². The predicted molar refractivity (Wildman–Crippen MR) is 138 cm³/mol. The normalized spacial score (nSPS) is 17.2. The maximum atomic E-state index is 11.6. The van der Waals surface area contributed by atoms with Crippen LogP contribution >= 0.6 is 0 Å². The monoisotopic (exact) mass is 515 g/mol. The molecule has 0 spiro atoms. The molecule has 0 aliphatic heterocycles. The number of ether oxygens (including phenoxy) is 1. The Bertz CT molecular complexity index is 1410. The van der Waals surface area contributed by atoms with E-state index in [9.17, 15) is 9.90 Å². The van der Waals surface area contributed by atoms with Gasteiger partial charge >= 0.3 is 5.97 Å². The first-order valence-electron chi connectivity index (χ1n) is 12.6. The van der Waals surface area contributed by atoms with E-state index >= 15 is 0 Å². The summed E-state index contributed by atoms with van der Waals surface area (Å²) in [6.07, 6.45) is 10.1. The molecule has 38 heavy (non-hydrogen) atoms. The van der Waals surface area contributed by atoms with Gasteiger partial charge in [0, 0.05) is 36.6 Å². The van der Waals surface area contributed by atoms with Gasteiger partial charge in [0.1, 0.15) is 17.1 Å². The van der Waals surface area contributed by atoms with Crippen molar-refractivity contribution in [2.45, 2.75) is 46.1 Å². The Hall–Kier alpha value is -4.41. The number of anilines is 1. The van der Waals surface area contributed by atoms with Gasteiger partial charge in [-0.1, -0.05) is 18.0 Å². The lowest BCUT2D eigenvalue weighted by atomic mass is 9.80. The molecular formula is C27H29N7O4. The van der Waals surface area contributed by atoms with Crippen LogP contribution in [0.3, 0.4) is 0 Å². The number of pyridine rings is 1. The maximum Gasteiger partial charge on any atom is 0.306 e. The van der Waals surface area contributed by atoms with Crippen LogP contribution in [-0.2, 0) is 11.3 Å². The van der Waals surface area contributed by atoms with Gasteiger partial charge in [-0.25, -0.2) is 15.0 Å². The molecule has 1 aliphatic rings. The molecule has 1 fully saturated rings. The average Bonchev–Trinajstić information content (AvgIpc) is 3.32. The van der Waals surface area contributed by atoms with Crippen molar-refractivity contribution in [3.8, 4) is 28.6 Å². The number of carboxylic acid groups (broad SMARTS) is 1. The van der Waals surface area contributed by atoms with E-state index in [-0.39, 0.29) is 11.8 Å². The minimum Gasteiger partial charge on any atom is -0.491 e. The maximum absolute atomic E-state index is 11.6. The highest BCUT2D eigenvalue weighted by atomic mass is 16.5. The van der Waals surface area contributed by atoms with Gasteiger partial charge in [0.15, 0.2) is 5.76 Å². The van der Waals surface area contributed by atoms with Crippen molar-refractivity contribution in [2.24, 2.45) is 11.8 Å². The van der Waals surface area contributed by atoms with Crippen LogP contribution in [0.4, 0.5) is 5.95 Å². The molecule has 2 atom stereocenters. The fourth-order valence-corrected chi connectivity index (χ4v) is 4.74. The lowest BCUT2D eigenvalue weighted by Crippen LogP contribution is -2.31. The first-order valence-corrected chi connectivity index (χ1v) is 12.6. The number of nitrogens with one attached hydrogen (secondary N) is 1. The Morgan fingerprint density at radius 2 is 1.89 bits per heavy atom. The van der Waals surface area contributed by atoms with Crippen LogP contribution in [0.25, 0.3) is 22.8 Å². The molecule has 4 aromatic heterocycles. The van der Waals surface area contributed by atoms with Crippen molar-refractivity contribution < 1.29 is 19.2 Å². The quantitative estimate of drug-likeness (QED) is 0.325. The highest BCUT2D eigenvalue weighted by Gasteiger charge is 2.31. The average molecular weight is 516 g/mol. The van der Waals surface area contributed by atoms with Crippen LogP contribution in [0.15, 0.2) is 47.5 Å². The van der Waals surface area contributed by atoms with Crippen LogP contribution in [-0.4, -0.2) is 47.8 Å². The molecule has 4 heterocycles. The Kier molecular flexibility index (Phi) is 7.52. The van der Waals surface area contributed by atoms with E-state index in [0.717, 1.165) is 30.5 Å². The second kappa shape index (κ2) is 11.3. The molecule has 0 aromatic carbocycles. The van der Waals surface area contributed by atoms with Crippen LogP contribution in [0, 0.1) is 25.7 Å². The fourth-order valence-electron chi connectivity index (χ4n) is 4.74. The summed E-state index contributed by atoms with van der Waals surface area (Å²) in [5.41, 5.74) is 4.21. The first-order chi connectivity index (χ1) is 18.5. The van der Waals surface area contributed by atoms with E-state index in [2.05, 4.69) is 30.4 Å². The highest BCUT2D eigenvalue weighted by Crippen LogP contribution is 2.32. The summed E-state index contributed by atoms with van der Waals surface area (Å²) in [5, 5.41) is 16.9. The van der Waals surface area contributed by atoms with Crippen LogP contribution < -0.4 is 10.1 Å². The number of hydrogen-bond acceptors (Lipinski definition) is 10. The van der Waals surface area contributed by atoms with Crippen LogP contribution in [0.5, 0.6) is 5.75 Å². The zero-order valence-corrected chi connectivity index (χ0v) is 21.3. The molecule has 0 unspecified atom stereocenters. The van der Waals surface area contributed by atoms with Gasteiger partial charge in [-0.2, -0.15) is 0 Å². The third-order valence-electron chi connectivity index (χ3n) is 6.84. The summed E-state index contributed by atoms with van der Waals surface area (Å²) in [4.78, 5) is 33.5. The molecule has 0 saturated heterocycles. The number of nitrogens with zero attached hydrogens (tertiary/aromatic N) is 6. The number of hydrogen-bond donors (Lipinski definition) is 2. The molecule has 11 heteroatoms. The first kappa shape index (κ1) is 25.2. The lowest BCUT2D eigenvalue weighted by molar-refractivity contribution is -0.145. The van der Waals surface area contributed by atoms with Crippen molar-refractivity contribution in [1.29, 1.82) is 0 Å². The Morgan fingerprint density at radius 3 is 2.68 bits per heavy atom. The fraction of sp³-hybridized carbons (Fsp3) is 0.370. The van der Waals surface area contributed by atoms with Crippen molar-refractivity contribution in [3.05, 3.63) is 59.9 Å². The minimum absolute atomic E-state index is 0.00424. The summed E-state index contributed by atoms with van der Waals surface area (Å²) in [5.74, 6) is 0.533. The van der Waals surface area contributed by atoms with E-state index in [1.54, 1.807) is 30.9 Å². The Labute approximate surface area is 219 Å². The molecule has 196 valence electrons. The smallest absolute Gasteiger partial charge is 0.306 e. The van der Waals surface area contributed by atoms with E-state index in [1.165, 1.54) is 0 Å². The second-order valence-electron chi connectivity index (χ2n) is 9.37. The van der Waals surface area contributed by atoms with Crippen molar-refractivity contribution in [1.82, 2.24) is 30.1 Å². The highest BCUT2D eigenvalue weighted by molar-refractivity contribution is 5.70. The molecule has 1 aliphatic carbocycles. The van der Waals surface area contributed by atoms with Gasteiger partial charge in [0.25, 0.3) is 0 Å². The van der Waals surface area contributed by atoms with Gasteiger partial charge in [-0.05, 0) is 44.9 Å². The Morgan fingerprint density at radius 1 is 1.03 bits per heavy atom. The SMILES string of the molecule is Cc1nc(-c2onc(C)c2CNc2nccc(-c3cnccn3)n2)ccc1OC[C@H]1CCCC[C@@H]1C(=O)O. The molecule has 11 nitrogen and oxygen atoms in total. The predicted octanol–water partition coefficient (Wildman–Crippen LogP) is 4.48. The number of aryl methyl sites for hydroxylation is 2. The summed E-state index contributed by atoms with van der Waals surface area (Å²) >= 11 is 0. The topological polar surface area (TPSA) is 149 Å². The van der Waals surface area contributed by atoms with Gasteiger partial charge < -0.3 is 19.7 Å². The number of aliphatic carboxylic acids is 1. The largest absolute Gasteiger partial charge is 0.491 e. The molecule has 4 aromatic rings. The van der Waals surface area contributed by atoms with Gasteiger partial charge in [-0.15, -0.1) is 0 Å². The standard InChI is InChI=1S/C27H29N7O4/c1-16-20(13-31-27-30-10-9-21(33-27)23-14-28-11-12-29-23)25(38-34-16)22-7-8-24(17(2)32-22)37-15-18-5-3-4-6-19(18)26(35)36/h7-12,14,18-19H,3-6,13,15H2,1-2H3,(H,35,36)(H,30,31,33)/t18-,19+/m1/s1. The Balaban J connectivity index is 1.28. The molecule has 0 radical (unpaired) electrons. The number of carboxylic acids is 1. The molecule has 1 saturated carbocycles. The summed E-state index contributed by atoms with van der Waals surface area (Å²) < 4.78 is 11.7. The second-order valence-corrected chi connectivity index (χ2v) is 9.37. The zero-order valence-electron chi connectivity index (χ0n) is 21.3. The third kappa shape index (κ3) is 5.61.